The van der Waals surface area contributed by atoms with Crippen LogP contribution >= 0.6 is 11.6 Å². The summed E-state index contributed by atoms with van der Waals surface area (Å²) in [5, 5.41) is 0.508. The summed E-state index contributed by atoms with van der Waals surface area (Å²) in [6.45, 7) is 9.43. The van der Waals surface area contributed by atoms with Crippen molar-refractivity contribution >= 4 is 23.4 Å². The average Bonchev–Trinajstić information content (AvgIpc) is 2.47. The number of halogens is 1. The molecule has 0 radical (unpaired) electrons. The number of hydrogen-bond acceptors (Lipinski definition) is 5. The highest BCUT2D eigenvalue weighted by Gasteiger charge is 2.16. The van der Waals surface area contributed by atoms with Crippen LogP contribution in [-0.2, 0) is 4.74 Å². The molecule has 0 spiro atoms. The zero-order chi connectivity index (χ0) is 14.4. The van der Waals surface area contributed by atoms with Crippen molar-refractivity contribution in [2.45, 2.75) is 26.7 Å². The molecule has 0 saturated carbocycles. The number of nitrogens with zero attached hydrogens (tertiary/aromatic N) is 4. The van der Waals surface area contributed by atoms with E-state index in [1.54, 1.807) is 0 Å². The van der Waals surface area contributed by atoms with Crippen LogP contribution in [0.1, 0.15) is 26.7 Å². The van der Waals surface area contributed by atoms with Gasteiger partial charge in [0.15, 0.2) is 0 Å². The van der Waals surface area contributed by atoms with E-state index >= 15 is 0 Å². The van der Waals surface area contributed by atoms with E-state index in [1.807, 2.05) is 6.07 Å². The molecule has 0 aromatic carbocycles. The molecule has 0 bridgehead atoms. The van der Waals surface area contributed by atoms with Crippen LogP contribution in [0, 0.1) is 0 Å². The Labute approximate surface area is 125 Å². The Balaban J connectivity index is 2.21. The topological polar surface area (TPSA) is 41.5 Å². The minimum absolute atomic E-state index is 0.508. The zero-order valence-electron chi connectivity index (χ0n) is 12.3. The van der Waals surface area contributed by atoms with Crippen LogP contribution in [0.4, 0.5) is 11.8 Å². The Morgan fingerprint density at radius 3 is 2.45 bits per heavy atom. The molecule has 1 fully saturated rings. The Morgan fingerprint density at radius 1 is 1.20 bits per heavy atom. The van der Waals surface area contributed by atoms with Gasteiger partial charge in [0.05, 0.1) is 13.2 Å². The summed E-state index contributed by atoms with van der Waals surface area (Å²) in [7, 11) is 0. The van der Waals surface area contributed by atoms with Crippen LogP contribution in [-0.4, -0.2) is 49.4 Å². The smallest absolute Gasteiger partial charge is 0.228 e. The summed E-state index contributed by atoms with van der Waals surface area (Å²) in [6.07, 6.45) is 2.14. The molecular formula is C14H23ClN4O. The predicted molar refractivity (Wildman–Crippen MR) is 82.9 cm³/mol. The first-order chi connectivity index (χ1) is 9.74. The lowest BCUT2D eigenvalue weighted by Gasteiger charge is -2.29. The van der Waals surface area contributed by atoms with Crippen LogP contribution < -0.4 is 9.80 Å². The molecule has 1 aliphatic heterocycles. The van der Waals surface area contributed by atoms with Gasteiger partial charge in [-0.15, -0.1) is 0 Å². The summed E-state index contributed by atoms with van der Waals surface area (Å²) in [5.41, 5.74) is 0. The molecule has 2 rings (SSSR count). The molecule has 0 unspecified atom stereocenters. The fraction of sp³-hybridized carbons (Fsp3) is 0.714. The van der Waals surface area contributed by atoms with E-state index in [-0.39, 0.29) is 0 Å². The zero-order valence-corrected chi connectivity index (χ0v) is 13.1. The van der Waals surface area contributed by atoms with Gasteiger partial charge < -0.3 is 14.5 Å². The third-order valence-electron chi connectivity index (χ3n) is 3.27. The number of hydrogen-bond donors (Lipinski definition) is 0. The number of morpholine rings is 1. The van der Waals surface area contributed by atoms with Crippen molar-refractivity contribution in [1.82, 2.24) is 9.97 Å². The van der Waals surface area contributed by atoms with E-state index in [2.05, 4.69) is 28.6 Å². The summed E-state index contributed by atoms with van der Waals surface area (Å²) in [6, 6.07) is 1.84. The number of anilines is 2. The molecule has 2 heterocycles. The lowest BCUT2D eigenvalue weighted by molar-refractivity contribution is 0.122. The van der Waals surface area contributed by atoms with E-state index < -0.39 is 0 Å². The molecule has 0 atom stereocenters. The summed E-state index contributed by atoms with van der Waals surface area (Å²) in [4.78, 5) is 13.5. The van der Waals surface area contributed by atoms with E-state index in [0.29, 0.717) is 5.15 Å². The first-order valence-electron chi connectivity index (χ1n) is 7.36. The van der Waals surface area contributed by atoms with Gasteiger partial charge in [-0.05, 0) is 12.8 Å². The number of aromatic nitrogens is 2. The Morgan fingerprint density at radius 2 is 1.85 bits per heavy atom. The maximum atomic E-state index is 6.18. The standard InChI is InChI=1S/C14H23ClN4O/c1-3-5-19(6-4-2)14-16-12(15)11-13(17-14)18-7-9-20-10-8-18/h11H,3-10H2,1-2H3. The highest BCUT2D eigenvalue weighted by molar-refractivity contribution is 6.29. The molecule has 1 saturated heterocycles. The molecule has 0 N–H and O–H groups in total. The van der Waals surface area contributed by atoms with Gasteiger partial charge in [-0.3, -0.25) is 0 Å². The normalized spacial score (nSPS) is 15.4. The predicted octanol–water partition coefficient (Wildman–Crippen LogP) is 2.59. The molecule has 5 nitrogen and oxygen atoms in total. The van der Waals surface area contributed by atoms with Crippen molar-refractivity contribution < 1.29 is 4.74 Å². The minimum atomic E-state index is 0.508. The SMILES string of the molecule is CCCN(CCC)c1nc(Cl)cc(N2CCOCC2)n1. The molecular weight excluding hydrogens is 276 g/mol. The molecule has 112 valence electrons. The van der Waals surface area contributed by atoms with E-state index in [4.69, 9.17) is 21.3 Å². The fourth-order valence-corrected chi connectivity index (χ4v) is 2.51. The molecule has 6 heteroatoms. The maximum absolute atomic E-state index is 6.18. The Hall–Kier alpha value is -1.07. The molecule has 0 amide bonds. The van der Waals surface area contributed by atoms with Crippen molar-refractivity contribution in [3.05, 3.63) is 11.2 Å². The van der Waals surface area contributed by atoms with Gasteiger partial charge >= 0.3 is 0 Å². The van der Waals surface area contributed by atoms with E-state index in [9.17, 15) is 0 Å². The monoisotopic (exact) mass is 298 g/mol. The van der Waals surface area contributed by atoms with Crippen molar-refractivity contribution in [3.63, 3.8) is 0 Å². The molecule has 1 aliphatic rings. The van der Waals surface area contributed by atoms with Gasteiger partial charge in [-0.1, -0.05) is 25.4 Å². The van der Waals surface area contributed by atoms with Crippen LogP contribution in [0.3, 0.4) is 0 Å². The van der Waals surface area contributed by atoms with Gasteiger partial charge in [-0.25, -0.2) is 4.98 Å². The van der Waals surface area contributed by atoms with E-state index in [0.717, 1.165) is 64.0 Å². The van der Waals surface area contributed by atoms with Crippen LogP contribution in [0.2, 0.25) is 5.15 Å². The third kappa shape index (κ3) is 3.96. The lowest BCUT2D eigenvalue weighted by Crippen LogP contribution is -2.37. The fourth-order valence-electron chi connectivity index (χ4n) is 2.34. The van der Waals surface area contributed by atoms with Crippen molar-refractivity contribution in [1.29, 1.82) is 0 Å². The van der Waals surface area contributed by atoms with Gasteiger partial charge in [0, 0.05) is 32.2 Å². The largest absolute Gasteiger partial charge is 0.378 e. The van der Waals surface area contributed by atoms with Crippen LogP contribution in [0.25, 0.3) is 0 Å². The van der Waals surface area contributed by atoms with Crippen molar-refractivity contribution in [2.24, 2.45) is 0 Å². The number of rotatable bonds is 6. The Kier molecular flexibility index (Phi) is 5.86. The molecule has 20 heavy (non-hydrogen) atoms. The third-order valence-corrected chi connectivity index (χ3v) is 3.47. The highest BCUT2D eigenvalue weighted by atomic mass is 35.5. The second-order valence-corrected chi connectivity index (χ2v) is 5.32. The molecule has 1 aromatic heterocycles. The molecule has 1 aromatic rings. The maximum Gasteiger partial charge on any atom is 0.228 e. The summed E-state index contributed by atoms with van der Waals surface area (Å²) >= 11 is 6.18. The quantitative estimate of drug-likeness (QED) is 0.755. The lowest BCUT2D eigenvalue weighted by atomic mass is 10.3. The van der Waals surface area contributed by atoms with Gasteiger partial charge in [-0.2, -0.15) is 4.98 Å². The summed E-state index contributed by atoms with van der Waals surface area (Å²) < 4.78 is 5.38. The first-order valence-corrected chi connectivity index (χ1v) is 7.74. The Bertz CT molecular complexity index is 418. The molecule has 0 aliphatic carbocycles. The van der Waals surface area contributed by atoms with Crippen molar-refractivity contribution in [3.8, 4) is 0 Å². The first kappa shape index (κ1) is 15.3. The summed E-state index contributed by atoms with van der Waals surface area (Å²) in [5.74, 6) is 1.64. The second-order valence-electron chi connectivity index (χ2n) is 4.94. The van der Waals surface area contributed by atoms with Gasteiger partial charge in [0.1, 0.15) is 11.0 Å². The van der Waals surface area contributed by atoms with Crippen LogP contribution in [0.15, 0.2) is 6.07 Å². The van der Waals surface area contributed by atoms with Crippen molar-refractivity contribution in [2.75, 3.05) is 49.2 Å². The second kappa shape index (κ2) is 7.64. The van der Waals surface area contributed by atoms with Gasteiger partial charge in [0.25, 0.3) is 0 Å². The van der Waals surface area contributed by atoms with E-state index in [1.165, 1.54) is 0 Å². The van der Waals surface area contributed by atoms with Crippen LogP contribution in [0.5, 0.6) is 0 Å². The minimum Gasteiger partial charge on any atom is -0.378 e. The number of ether oxygens (including phenoxy) is 1. The highest BCUT2D eigenvalue weighted by Crippen LogP contribution is 2.21. The average molecular weight is 299 g/mol. The van der Waals surface area contributed by atoms with Gasteiger partial charge in [0.2, 0.25) is 5.95 Å².